The van der Waals surface area contributed by atoms with E-state index in [1.54, 1.807) is 0 Å². The normalized spacial score (nSPS) is 26.2. The van der Waals surface area contributed by atoms with Crippen LogP contribution in [0.5, 0.6) is 0 Å². The first-order chi connectivity index (χ1) is 15.6. The van der Waals surface area contributed by atoms with E-state index in [1.807, 2.05) is 0 Å². The Morgan fingerprint density at radius 1 is 1.29 bits per heavy atom. The van der Waals surface area contributed by atoms with Crippen LogP contribution in [-0.2, 0) is 9.53 Å². The average molecular weight is 497 g/mol. The van der Waals surface area contributed by atoms with Crippen LogP contribution in [0.1, 0.15) is 56.2 Å². The van der Waals surface area contributed by atoms with Gasteiger partial charge in [-0.1, -0.05) is 13.0 Å². The highest BCUT2D eigenvalue weighted by Gasteiger charge is 2.65. The molecule has 5 atom stereocenters. The van der Waals surface area contributed by atoms with E-state index < -0.39 is 65.5 Å². The van der Waals surface area contributed by atoms with E-state index in [4.69, 9.17) is 4.74 Å². The fourth-order valence-electron chi connectivity index (χ4n) is 4.23. The molecule has 1 aromatic heterocycles. The van der Waals surface area contributed by atoms with Crippen LogP contribution >= 0.6 is 0 Å². The van der Waals surface area contributed by atoms with E-state index in [9.17, 15) is 40.6 Å². The number of aromatic nitrogens is 2. The van der Waals surface area contributed by atoms with Gasteiger partial charge in [0.25, 0.3) is 5.91 Å². The maximum absolute atomic E-state index is 14.5. The lowest BCUT2D eigenvalue weighted by atomic mass is 9.75. The number of aliphatic hydroxyl groups is 1. The summed E-state index contributed by atoms with van der Waals surface area (Å²) >= 11 is 0. The van der Waals surface area contributed by atoms with Gasteiger partial charge in [-0.3, -0.25) is 4.79 Å². The highest BCUT2D eigenvalue weighted by atomic mass is 19.4. The van der Waals surface area contributed by atoms with Crippen LogP contribution in [0.15, 0.2) is 18.3 Å². The van der Waals surface area contributed by atoms with E-state index in [-0.39, 0.29) is 21.6 Å². The molecule has 1 amide bonds. The molecule has 2 heterocycles. The average Bonchev–Trinajstić information content (AvgIpc) is 3.22. The molecule has 0 spiro atoms. The number of amides is 1. The molecule has 0 radical (unpaired) electrons. The smallest absolute Gasteiger partial charge is 0.389 e. The van der Waals surface area contributed by atoms with Crippen LogP contribution < -0.4 is 5.32 Å². The van der Waals surface area contributed by atoms with Crippen molar-refractivity contribution < 1.29 is 45.4 Å². The number of carbonyl (C=O) groups excluding carboxylic acids is 1. The summed E-state index contributed by atoms with van der Waals surface area (Å²) in [4.78, 5) is 13.1. The number of nitrogens with one attached hydrogen (secondary N) is 1. The number of hydrogen-bond donors (Lipinski definition) is 2. The number of carbonyl (C=O) groups is 1. The number of aryl methyl sites for hydroxylation is 1. The molecule has 13 heteroatoms. The molecule has 2 aromatic rings. The third-order valence-electron chi connectivity index (χ3n) is 6.24. The van der Waals surface area contributed by atoms with Gasteiger partial charge in [0.15, 0.2) is 17.2 Å². The van der Waals surface area contributed by atoms with E-state index in [0.717, 1.165) is 33.0 Å². The van der Waals surface area contributed by atoms with Crippen LogP contribution in [0.2, 0.25) is 0 Å². The lowest BCUT2D eigenvalue weighted by Gasteiger charge is -2.32. The lowest BCUT2D eigenvalue weighted by molar-refractivity contribution is -0.272. The van der Waals surface area contributed by atoms with Gasteiger partial charge in [0.2, 0.25) is 0 Å². The van der Waals surface area contributed by atoms with Crippen molar-refractivity contribution in [1.29, 1.82) is 0 Å². The third kappa shape index (κ3) is 4.26. The van der Waals surface area contributed by atoms with Crippen molar-refractivity contribution >= 4 is 11.6 Å². The van der Waals surface area contributed by atoms with Gasteiger partial charge in [0, 0.05) is 17.4 Å². The molecule has 1 aliphatic rings. The standard InChI is InChI=1S/C21H22F7N3O3/c1-8-14(11-5-6-12(22)16(23)15(11)10(3)32)17(34-20(8,4)21(26,27)28)18(33)29-13-7-31(19(24)25)30-9(13)2/h5-8,10,14,17,19,32H,1-4H3,(H,29,33)/t8-,10-,14-,17+,20+/m0/s1. The van der Waals surface area contributed by atoms with Gasteiger partial charge in [-0.25, -0.2) is 13.5 Å². The fraction of sp³-hybridized carbons (Fsp3) is 0.524. The predicted molar refractivity (Wildman–Crippen MR) is 105 cm³/mol. The topological polar surface area (TPSA) is 76.4 Å². The van der Waals surface area contributed by atoms with Gasteiger partial charge < -0.3 is 15.2 Å². The first-order valence-corrected chi connectivity index (χ1v) is 10.1. The Morgan fingerprint density at radius 2 is 1.91 bits per heavy atom. The fourth-order valence-corrected chi connectivity index (χ4v) is 4.23. The van der Waals surface area contributed by atoms with Gasteiger partial charge in [0.05, 0.1) is 23.7 Å². The summed E-state index contributed by atoms with van der Waals surface area (Å²) in [5, 5.41) is 15.8. The number of ether oxygens (including phenoxy) is 1. The molecule has 0 aliphatic carbocycles. The zero-order valence-electron chi connectivity index (χ0n) is 18.4. The molecule has 2 N–H and O–H groups in total. The Kier molecular flexibility index (Phi) is 6.74. The van der Waals surface area contributed by atoms with Crippen LogP contribution in [0.4, 0.5) is 36.4 Å². The summed E-state index contributed by atoms with van der Waals surface area (Å²) in [6, 6.07) is 1.67. The first-order valence-electron chi connectivity index (χ1n) is 10.1. The largest absolute Gasteiger partial charge is 0.417 e. The van der Waals surface area contributed by atoms with Gasteiger partial charge in [-0.15, -0.1) is 0 Å². The molecule has 0 bridgehead atoms. The predicted octanol–water partition coefficient (Wildman–Crippen LogP) is 5.00. The van der Waals surface area contributed by atoms with E-state index in [0.29, 0.717) is 6.07 Å². The zero-order valence-corrected chi connectivity index (χ0v) is 18.4. The van der Waals surface area contributed by atoms with Gasteiger partial charge in [-0.2, -0.15) is 27.1 Å². The third-order valence-corrected chi connectivity index (χ3v) is 6.24. The SMILES string of the molecule is Cc1nn(C(F)F)cc1NC(=O)[C@@H]1O[C@@](C)(C(F)(F)F)[C@@H](C)[C@H]1c1ccc(F)c(F)c1[C@H](C)O. The summed E-state index contributed by atoms with van der Waals surface area (Å²) in [5.74, 6) is -6.90. The summed E-state index contributed by atoms with van der Waals surface area (Å²) in [7, 11) is 0. The number of hydrogen-bond acceptors (Lipinski definition) is 4. The Bertz CT molecular complexity index is 1090. The molecule has 1 aromatic carbocycles. The molecule has 34 heavy (non-hydrogen) atoms. The Labute approximate surface area is 189 Å². The number of anilines is 1. The first kappa shape index (κ1) is 25.9. The van der Waals surface area contributed by atoms with Crippen LogP contribution in [0, 0.1) is 24.5 Å². The van der Waals surface area contributed by atoms with Crippen molar-refractivity contribution in [1.82, 2.24) is 9.78 Å². The summed E-state index contributed by atoms with van der Waals surface area (Å²) < 4.78 is 102. The Balaban J connectivity index is 2.11. The van der Waals surface area contributed by atoms with Gasteiger partial charge in [-0.05, 0) is 32.4 Å². The molecule has 6 nitrogen and oxygen atoms in total. The number of benzene rings is 1. The minimum absolute atomic E-state index is 0.0349. The van der Waals surface area contributed by atoms with Gasteiger partial charge >= 0.3 is 12.7 Å². The maximum Gasteiger partial charge on any atom is 0.417 e. The second-order valence-electron chi connectivity index (χ2n) is 8.37. The zero-order chi connectivity index (χ0) is 25.7. The lowest BCUT2D eigenvalue weighted by Crippen LogP contribution is -2.47. The van der Waals surface area contributed by atoms with Crippen molar-refractivity contribution in [3.05, 3.63) is 46.8 Å². The van der Waals surface area contributed by atoms with Crippen molar-refractivity contribution in [3.8, 4) is 0 Å². The van der Waals surface area contributed by atoms with E-state index in [1.165, 1.54) is 6.92 Å². The second-order valence-corrected chi connectivity index (χ2v) is 8.37. The monoisotopic (exact) mass is 497 g/mol. The van der Waals surface area contributed by atoms with Crippen LogP contribution in [0.25, 0.3) is 0 Å². The van der Waals surface area contributed by atoms with Gasteiger partial charge in [0.1, 0.15) is 6.10 Å². The van der Waals surface area contributed by atoms with Crippen LogP contribution in [0.3, 0.4) is 0 Å². The second kappa shape index (κ2) is 8.84. The molecular formula is C21H22F7N3O3. The van der Waals surface area contributed by atoms with Crippen LogP contribution in [-0.4, -0.2) is 38.7 Å². The highest BCUT2D eigenvalue weighted by Crippen LogP contribution is 2.54. The molecular weight excluding hydrogens is 475 g/mol. The number of halogens is 7. The highest BCUT2D eigenvalue weighted by molar-refractivity contribution is 5.95. The van der Waals surface area contributed by atoms with E-state index >= 15 is 0 Å². The molecule has 3 rings (SSSR count). The minimum Gasteiger partial charge on any atom is -0.389 e. The quantitative estimate of drug-likeness (QED) is 0.571. The van der Waals surface area contributed by atoms with Crippen molar-refractivity contribution in [2.24, 2.45) is 5.92 Å². The van der Waals surface area contributed by atoms with E-state index in [2.05, 4.69) is 10.4 Å². The number of alkyl halides is 5. The number of nitrogens with zero attached hydrogens (tertiary/aromatic N) is 2. The Hall–Kier alpha value is -2.67. The molecule has 1 saturated heterocycles. The molecule has 1 aliphatic heterocycles. The summed E-state index contributed by atoms with van der Waals surface area (Å²) in [5.41, 5.74) is -3.95. The van der Waals surface area contributed by atoms with Crippen molar-refractivity contribution in [2.45, 2.75) is 64.1 Å². The summed E-state index contributed by atoms with van der Waals surface area (Å²) in [6.07, 6.45) is -7.67. The molecule has 188 valence electrons. The number of rotatable bonds is 5. The molecule has 0 unspecified atom stereocenters. The maximum atomic E-state index is 14.5. The summed E-state index contributed by atoms with van der Waals surface area (Å²) in [6.45, 7) is 1.23. The van der Waals surface area contributed by atoms with Crippen molar-refractivity contribution in [2.75, 3.05) is 5.32 Å². The molecule has 1 fully saturated rings. The number of aliphatic hydroxyl groups excluding tert-OH is 1. The van der Waals surface area contributed by atoms with Crippen molar-refractivity contribution in [3.63, 3.8) is 0 Å². The molecule has 0 saturated carbocycles. The Morgan fingerprint density at radius 3 is 2.41 bits per heavy atom. The minimum atomic E-state index is -4.96.